The van der Waals surface area contributed by atoms with Gasteiger partial charge in [0.1, 0.15) is 5.01 Å². The van der Waals surface area contributed by atoms with Crippen LogP contribution in [0, 0.1) is 0 Å². The molecule has 0 saturated carbocycles. The SMILES string of the molecule is CCC(CSC)NCc1csc(COC)n1. The molecule has 0 aromatic carbocycles. The van der Waals surface area contributed by atoms with Crippen molar-refractivity contribution in [3.05, 3.63) is 16.1 Å². The van der Waals surface area contributed by atoms with E-state index in [9.17, 15) is 0 Å². The molecule has 1 N–H and O–H groups in total. The van der Waals surface area contributed by atoms with Crippen LogP contribution in [0.1, 0.15) is 24.0 Å². The van der Waals surface area contributed by atoms with Crippen molar-refractivity contribution in [3.8, 4) is 0 Å². The van der Waals surface area contributed by atoms with Crippen LogP contribution in [0.4, 0.5) is 0 Å². The fraction of sp³-hybridized carbons (Fsp3) is 0.727. The number of hydrogen-bond donors (Lipinski definition) is 1. The maximum Gasteiger partial charge on any atom is 0.119 e. The summed E-state index contributed by atoms with van der Waals surface area (Å²) in [5, 5.41) is 6.68. The zero-order chi connectivity index (χ0) is 11.8. The summed E-state index contributed by atoms with van der Waals surface area (Å²) >= 11 is 3.55. The van der Waals surface area contributed by atoms with Gasteiger partial charge in [0.25, 0.3) is 0 Å². The molecule has 0 amide bonds. The largest absolute Gasteiger partial charge is 0.378 e. The van der Waals surface area contributed by atoms with E-state index in [1.807, 2.05) is 11.8 Å². The predicted molar refractivity (Wildman–Crippen MR) is 72.1 cm³/mol. The van der Waals surface area contributed by atoms with E-state index < -0.39 is 0 Å². The third-order valence-corrected chi connectivity index (χ3v) is 3.91. The Morgan fingerprint density at radius 2 is 2.44 bits per heavy atom. The van der Waals surface area contributed by atoms with Crippen molar-refractivity contribution < 1.29 is 4.74 Å². The van der Waals surface area contributed by atoms with Crippen LogP contribution in [0.5, 0.6) is 0 Å². The standard InChI is InChI=1S/C11H20N2OS2/c1-4-9(7-15-3)12-5-10-8-16-11(13-10)6-14-2/h8-9,12H,4-7H2,1-3H3. The van der Waals surface area contributed by atoms with Gasteiger partial charge in [0.15, 0.2) is 0 Å². The molecule has 0 bridgehead atoms. The number of nitrogens with one attached hydrogen (secondary N) is 1. The molecule has 1 unspecified atom stereocenters. The second-order valence-corrected chi connectivity index (χ2v) is 5.46. The molecule has 1 aromatic heterocycles. The van der Waals surface area contributed by atoms with Gasteiger partial charge in [-0.25, -0.2) is 4.98 Å². The van der Waals surface area contributed by atoms with Gasteiger partial charge in [-0.2, -0.15) is 11.8 Å². The maximum absolute atomic E-state index is 5.05. The lowest BCUT2D eigenvalue weighted by molar-refractivity contribution is 0.184. The summed E-state index contributed by atoms with van der Waals surface area (Å²) in [6.45, 7) is 3.69. The van der Waals surface area contributed by atoms with Gasteiger partial charge in [-0.15, -0.1) is 11.3 Å². The summed E-state index contributed by atoms with van der Waals surface area (Å²) in [5.41, 5.74) is 1.12. The lowest BCUT2D eigenvalue weighted by Crippen LogP contribution is -2.30. The molecule has 1 atom stereocenters. The fourth-order valence-electron chi connectivity index (χ4n) is 1.39. The van der Waals surface area contributed by atoms with Crippen LogP contribution in [0.2, 0.25) is 0 Å². The molecule has 0 aliphatic carbocycles. The first-order valence-electron chi connectivity index (χ1n) is 5.44. The monoisotopic (exact) mass is 260 g/mol. The first-order chi connectivity index (χ1) is 7.80. The normalized spacial score (nSPS) is 12.9. The Labute approximate surface area is 106 Å². The van der Waals surface area contributed by atoms with E-state index in [1.165, 1.54) is 0 Å². The minimum absolute atomic E-state index is 0.586. The molecule has 92 valence electrons. The van der Waals surface area contributed by atoms with Crippen LogP contribution >= 0.6 is 23.1 Å². The molecule has 3 nitrogen and oxygen atoms in total. The highest BCUT2D eigenvalue weighted by molar-refractivity contribution is 7.98. The molecule has 0 spiro atoms. The Morgan fingerprint density at radius 1 is 1.62 bits per heavy atom. The van der Waals surface area contributed by atoms with Gasteiger partial charge in [-0.05, 0) is 12.7 Å². The lowest BCUT2D eigenvalue weighted by Gasteiger charge is -2.14. The summed E-state index contributed by atoms with van der Waals surface area (Å²) in [7, 11) is 1.70. The smallest absolute Gasteiger partial charge is 0.119 e. The summed E-state index contributed by atoms with van der Waals surface area (Å²) in [6, 6.07) is 0.586. The molecule has 1 heterocycles. The third kappa shape index (κ3) is 4.82. The Morgan fingerprint density at radius 3 is 3.06 bits per heavy atom. The second-order valence-electron chi connectivity index (χ2n) is 3.61. The number of nitrogens with zero attached hydrogens (tertiary/aromatic N) is 1. The van der Waals surface area contributed by atoms with Crippen molar-refractivity contribution >= 4 is 23.1 Å². The van der Waals surface area contributed by atoms with Gasteiger partial charge in [-0.1, -0.05) is 6.92 Å². The van der Waals surface area contributed by atoms with E-state index in [0.29, 0.717) is 12.6 Å². The Hall–Kier alpha value is -0.100. The van der Waals surface area contributed by atoms with Crippen LogP contribution in [0.3, 0.4) is 0 Å². The van der Waals surface area contributed by atoms with Crippen molar-refractivity contribution in [2.24, 2.45) is 0 Å². The molecule has 1 rings (SSSR count). The van der Waals surface area contributed by atoms with Gasteiger partial charge in [-0.3, -0.25) is 0 Å². The van der Waals surface area contributed by atoms with Crippen LogP contribution in [0.15, 0.2) is 5.38 Å². The topological polar surface area (TPSA) is 34.1 Å². The maximum atomic E-state index is 5.05. The van der Waals surface area contributed by atoms with E-state index in [2.05, 4.69) is 28.9 Å². The summed E-state index contributed by atoms with van der Waals surface area (Å²) in [4.78, 5) is 4.49. The third-order valence-electron chi connectivity index (χ3n) is 2.30. The number of thiazole rings is 1. The summed E-state index contributed by atoms with van der Waals surface area (Å²) < 4.78 is 5.05. The Balaban J connectivity index is 2.34. The van der Waals surface area contributed by atoms with Crippen molar-refractivity contribution in [3.63, 3.8) is 0 Å². The number of hydrogen-bond acceptors (Lipinski definition) is 5. The van der Waals surface area contributed by atoms with Gasteiger partial charge in [0.2, 0.25) is 0 Å². The quantitative estimate of drug-likeness (QED) is 0.779. The molecule has 0 saturated heterocycles. The van der Waals surface area contributed by atoms with E-state index in [4.69, 9.17) is 4.74 Å². The number of ether oxygens (including phenoxy) is 1. The van der Waals surface area contributed by atoms with Crippen molar-refractivity contribution in [1.82, 2.24) is 10.3 Å². The Bertz CT molecular complexity index is 291. The van der Waals surface area contributed by atoms with Crippen LogP contribution in [-0.4, -0.2) is 30.1 Å². The molecule has 0 fully saturated rings. The predicted octanol–water partition coefficient (Wildman–Crippen LogP) is 2.52. The number of methoxy groups -OCH3 is 1. The van der Waals surface area contributed by atoms with Crippen molar-refractivity contribution in [1.29, 1.82) is 0 Å². The minimum atomic E-state index is 0.586. The highest BCUT2D eigenvalue weighted by Crippen LogP contribution is 2.11. The van der Waals surface area contributed by atoms with E-state index in [0.717, 1.165) is 29.4 Å². The van der Waals surface area contributed by atoms with Crippen LogP contribution in [0.25, 0.3) is 0 Å². The van der Waals surface area contributed by atoms with E-state index >= 15 is 0 Å². The van der Waals surface area contributed by atoms with Gasteiger partial charge in [0.05, 0.1) is 12.3 Å². The first kappa shape index (κ1) is 14.0. The molecule has 0 aliphatic rings. The molecule has 1 aromatic rings. The van der Waals surface area contributed by atoms with E-state index in [1.54, 1.807) is 18.4 Å². The van der Waals surface area contributed by atoms with Crippen LogP contribution in [-0.2, 0) is 17.9 Å². The van der Waals surface area contributed by atoms with Gasteiger partial charge in [0, 0.05) is 30.8 Å². The highest BCUT2D eigenvalue weighted by Gasteiger charge is 2.06. The summed E-state index contributed by atoms with van der Waals surface area (Å²) in [6.07, 6.45) is 3.31. The number of rotatable bonds is 8. The Kier molecular flexibility index (Phi) is 7.03. The average Bonchev–Trinajstić information content (AvgIpc) is 2.72. The van der Waals surface area contributed by atoms with Crippen molar-refractivity contribution in [2.75, 3.05) is 19.1 Å². The molecule has 0 radical (unpaired) electrons. The molecular formula is C11H20N2OS2. The molecular weight excluding hydrogens is 240 g/mol. The van der Waals surface area contributed by atoms with E-state index in [-0.39, 0.29) is 0 Å². The average molecular weight is 260 g/mol. The van der Waals surface area contributed by atoms with Gasteiger partial charge < -0.3 is 10.1 Å². The minimum Gasteiger partial charge on any atom is -0.378 e. The highest BCUT2D eigenvalue weighted by atomic mass is 32.2. The molecule has 5 heteroatoms. The zero-order valence-corrected chi connectivity index (χ0v) is 11.8. The summed E-state index contributed by atoms with van der Waals surface area (Å²) in [5.74, 6) is 1.16. The first-order valence-corrected chi connectivity index (χ1v) is 7.72. The van der Waals surface area contributed by atoms with Crippen molar-refractivity contribution in [2.45, 2.75) is 32.5 Å². The molecule has 0 aliphatic heterocycles. The van der Waals surface area contributed by atoms with Crippen LogP contribution < -0.4 is 5.32 Å². The van der Waals surface area contributed by atoms with Gasteiger partial charge >= 0.3 is 0 Å². The second kappa shape index (κ2) is 8.06. The zero-order valence-electron chi connectivity index (χ0n) is 10.2. The lowest BCUT2D eigenvalue weighted by atomic mass is 10.2. The number of thioether (sulfide) groups is 1. The number of aromatic nitrogens is 1. The molecule has 16 heavy (non-hydrogen) atoms. The fourth-order valence-corrected chi connectivity index (χ4v) is 2.91.